The van der Waals surface area contributed by atoms with E-state index in [9.17, 15) is 9.90 Å². The Morgan fingerprint density at radius 2 is 2.06 bits per heavy atom. The third-order valence-corrected chi connectivity index (χ3v) is 2.86. The number of hydrogen-bond acceptors (Lipinski definition) is 2. The van der Waals surface area contributed by atoms with Crippen molar-refractivity contribution in [3.05, 3.63) is 35.4 Å². The van der Waals surface area contributed by atoms with E-state index in [1.54, 1.807) is 6.07 Å². The van der Waals surface area contributed by atoms with Crippen LogP contribution in [0.2, 0.25) is 0 Å². The van der Waals surface area contributed by atoms with Crippen molar-refractivity contribution in [1.29, 1.82) is 0 Å². The number of phenols is 1. The average molecular weight is 248 g/mol. The van der Waals surface area contributed by atoms with E-state index < -0.39 is 5.97 Å². The third kappa shape index (κ3) is 3.91. The molecule has 0 unspecified atom stereocenters. The van der Waals surface area contributed by atoms with Crippen molar-refractivity contribution in [1.82, 2.24) is 0 Å². The molecule has 98 valence electrons. The molecule has 2 N–H and O–H groups in total. The first-order valence-corrected chi connectivity index (χ1v) is 6.15. The highest BCUT2D eigenvalue weighted by Gasteiger charge is 2.08. The Labute approximate surface area is 108 Å². The zero-order chi connectivity index (χ0) is 13.7. The number of rotatable bonds is 5. The van der Waals surface area contributed by atoms with Gasteiger partial charge in [-0.1, -0.05) is 26.0 Å². The zero-order valence-electron chi connectivity index (χ0n) is 11.1. The van der Waals surface area contributed by atoms with Crippen LogP contribution >= 0.6 is 0 Å². The largest absolute Gasteiger partial charge is 0.507 e. The molecule has 0 aliphatic heterocycles. The molecule has 0 heterocycles. The van der Waals surface area contributed by atoms with Gasteiger partial charge in [-0.2, -0.15) is 0 Å². The summed E-state index contributed by atoms with van der Waals surface area (Å²) in [6.45, 7) is 6.26. The number of benzene rings is 1. The maximum absolute atomic E-state index is 10.8. The number of allylic oxidation sites excluding steroid dienone is 2. The summed E-state index contributed by atoms with van der Waals surface area (Å²) in [5, 5.41) is 18.6. The van der Waals surface area contributed by atoms with Gasteiger partial charge in [0.1, 0.15) is 5.75 Å². The van der Waals surface area contributed by atoms with E-state index >= 15 is 0 Å². The van der Waals surface area contributed by atoms with Gasteiger partial charge in [0.05, 0.1) is 5.56 Å². The monoisotopic (exact) mass is 248 g/mol. The van der Waals surface area contributed by atoms with E-state index in [0.717, 1.165) is 18.4 Å². The Morgan fingerprint density at radius 3 is 2.56 bits per heavy atom. The molecule has 0 aliphatic rings. The van der Waals surface area contributed by atoms with Gasteiger partial charge in [-0.05, 0) is 43.4 Å². The average Bonchev–Trinajstić information content (AvgIpc) is 2.27. The fourth-order valence-electron chi connectivity index (χ4n) is 1.74. The van der Waals surface area contributed by atoms with Gasteiger partial charge < -0.3 is 10.2 Å². The minimum absolute atomic E-state index is 0.0215. The molecule has 0 aliphatic carbocycles. The summed E-state index contributed by atoms with van der Waals surface area (Å²) in [6, 6.07) is 4.45. The first-order chi connectivity index (χ1) is 8.41. The van der Waals surface area contributed by atoms with Crippen molar-refractivity contribution in [2.75, 3.05) is 0 Å². The lowest BCUT2D eigenvalue weighted by atomic mass is 10.0. The molecule has 1 aromatic rings. The van der Waals surface area contributed by atoms with Crippen molar-refractivity contribution < 1.29 is 15.0 Å². The highest BCUT2D eigenvalue weighted by atomic mass is 16.4. The van der Waals surface area contributed by atoms with Crippen LogP contribution in [0.4, 0.5) is 0 Å². The van der Waals surface area contributed by atoms with E-state index in [2.05, 4.69) is 19.9 Å². The van der Waals surface area contributed by atoms with Gasteiger partial charge >= 0.3 is 5.97 Å². The second kappa shape index (κ2) is 6.24. The van der Waals surface area contributed by atoms with Gasteiger partial charge in [0.15, 0.2) is 0 Å². The molecule has 0 atom stereocenters. The van der Waals surface area contributed by atoms with Gasteiger partial charge in [0.25, 0.3) is 0 Å². The summed E-state index contributed by atoms with van der Waals surface area (Å²) in [4.78, 5) is 10.8. The summed E-state index contributed by atoms with van der Waals surface area (Å²) in [7, 11) is 0. The molecular weight excluding hydrogens is 228 g/mol. The van der Waals surface area contributed by atoms with E-state index in [1.165, 1.54) is 12.1 Å². The second-order valence-corrected chi connectivity index (χ2v) is 4.90. The number of carbonyl (C=O) groups is 1. The number of phenolic OH excluding ortho intramolecular Hbond substituents is 1. The number of carboxylic acids is 1. The number of carboxylic acid groups (broad SMARTS) is 1. The Bertz CT molecular complexity index is 459. The van der Waals surface area contributed by atoms with Crippen molar-refractivity contribution in [2.24, 2.45) is 5.92 Å². The fourth-order valence-corrected chi connectivity index (χ4v) is 1.74. The predicted molar refractivity (Wildman–Crippen MR) is 72.8 cm³/mol. The molecule has 3 nitrogen and oxygen atoms in total. The number of hydrogen-bond donors (Lipinski definition) is 2. The summed E-state index contributed by atoms with van der Waals surface area (Å²) in [5.74, 6) is -0.358. The summed E-state index contributed by atoms with van der Waals surface area (Å²) >= 11 is 0. The molecule has 0 saturated carbocycles. The molecule has 3 heteroatoms. The molecule has 0 aromatic heterocycles. The Hall–Kier alpha value is -1.77. The normalized spacial score (nSPS) is 11.9. The van der Waals surface area contributed by atoms with Gasteiger partial charge in [-0.15, -0.1) is 0 Å². The van der Waals surface area contributed by atoms with Crippen LogP contribution in [0.5, 0.6) is 5.75 Å². The maximum Gasteiger partial charge on any atom is 0.335 e. The van der Waals surface area contributed by atoms with Crippen molar-refractivity contribution in [2.45, 2.75) is 33.6 Å². The highest BCUT2D eigenvalue weighted by Crippen LogP contribution is 2.26. The predicted octanol–water partition coefficient (Wildman–Crippen LogP) is 3.93. The van der Waals surface area contributed by atoms with Gasteiger partial charge in [-0.3, -0.25) is 0 Å². The molecule has 1 rings (SSSR count). The molecule has 0 amide bonds. The molecule has 1 aromatic carbocycles. The molecule has 0 fully saturated rings. The maximum atomic E-state index is 10.8. The van der Waals surface area contributed by atoms with E-state index in [-0.39, 0.29) is 11.3 Å². The zero-order valence-corrected chi connectivity index (χ0v) is 11.1. The Balaban J connectivity index is 2.86. The summed E-state index contributed by atoms with van der Waals surface area (Å²) < 4.78 is 0. The van der Waals surface area contributed by atoms with Crippen molar-refractivity contribution in [3.8, 4) is 5.75 Å². The van der Waals surface area contributed by atoms with Crippen LogP contribution in [0.3, 0.4) is 0 Å². The SMILES string of the molecule is CC(=CCCC(C)C)c1ccc(C(=O)O)cc1O. The lowest BCUT2D eigenvalue weighted by molar-refractivity contribution is 0.0696. The minimum atomic E-state index is -1.03. The van der Waals surface area contributed by atoms with Gasteiger partial charge in [0, 0.05) is 5.56 Å². The lowest BCUT2D eigenvalue weighted by Crippen LogP contribution is -1.96. The van der Waals surface area contributed by atoms with Gasteiger partial charge in [-0.25, -0.2) is 4.79 Å². The molecule has 0 bridgehead atoms. The fraction of sp³-hybridized carbons (Fsp3) is 0.400. The topological polar surface area (TPSA) is 57.5 Å². The van der Waals surface area contributed by atoms with Crippen LogP contribution in [-0.2, 0) is 0 Å². The van der Waals surface area contributed by atoms with E-state index in [1.807, 2.05) is 6.92 Å². The van der Waals surface area contributed by atoms with E-state index in [0.29, 0.717) is 11.5 Å². The quantitative estimate of drug-likeness (QED) is 0.830. The number of aromatic hydroxyl groups is 1. The Kier molecular flexibility index (Phi) is 4.95. The summed E-state index contributed by atoms with van der Waals surface area (Å²) in [6.07, 6.45) is 4.14. The first kappa shape index (κ1) is 14.3. The lowest BCUT2D eigenvalue weighted by Gasteiger charge is -2.07. The van der Waals surface area contributed by atoms with Crippen molar-refractivity contribution >= 4 is 11.5 Å². The van der Waals surface area contributed by atoms with Crippen LogP contribution in [0.1, 0.15) is 49.5 Å². The standard InChI is InChI=1S/C15H20O3/c1-10(2)5-4-6-11(3)13-8-7-12(15(17)18)9-14(13)16/h6-10,16H,4-5H2,1-3H3,(H,17,18). The second-order valence-electron chi connectivity index (χ2n) is 4.90. The highest BCUT2D eigenvalue weighted by molar-refractivity contribution is 5.89. The van der Waals surface area contributed by atoms with Crippen LogP contribution in [-0.4, -0.2) is 16.2 Å². The number of aromatic carboxylic acids is 1. The first-order valence-electron chi connectivity index (χ1n) is 6.15. The molecule has 0 radical (unpaired) electrons. The van der Waals surface area contributed by atoms with Gasteiger partial charge in [0.2, 0.25) is 0 Å². The molecular formula is C15H20O3. The van der Waals surface area contributed by atoms with Crippen LogP contribution in [0.25, 0.3) is 5.57 Å². The summed E-state index contributed by atoms with van der Waals surface area (Å²) in [5.41, 5.74) is 1.78. The minimum Gasteiger partial charge on any atom is -0.507 e. The molecule has 18 heavy (non-hydrogen) atoms. The smallest absolute Gasteiger partial charge is 0.335 e. The van der Waals surface area contributed by atoms with Crippen molar-refractivity contribution in [3.63, 3.8) is 0 Å². The molecule has 0 saturated heterocycles. The Morgan fingerprint density at radius 1 is 1.39 bits per heavy atom. The third-order valence-electron chi connectivity index (χ3n) is 2.86. The van der Waals surface area contributed by atoms with Crippen LogP contribution in [0.15, 0.2) is 24.3 Å². The van der Waals surface area contributed by atoms with Crippen LogP contribution in [0, 0.1) is 5.92 Å². The van der Waals surface area contributed by atoms with E-state index in [4.69, 9.17) is 5.11 Å². The van der Waals surface area contributed by atoms with Crippen LogP contribution < -0.4 is 0 Å². The molecule has 0 spiro atoms.